The van der Waals surface area contributed by atoms with Crippen LogP contribution in [0.4, 0.5) is 0 Å². The van der Waals surface area contributed by atoms with Gasteiger partial charge >= 0.3 is 0 Å². The lowest BCUT2D eigenvalue weighted by molar-refractivity contribution is -0.302. The largest absolute Gasteiger partial charge is 0.394 e. The van der Waals surface area contributed by atoms with E-state index in [-0.39, 0.29) is 195 Å². The van der Waals surface area contributed by atoms with Crippen molar-refractivity contribution < 1.29 is 147 Å². The number of rotatable bonds is 52. The molecule has 87 heavy (non-hydrogen) atoms. The Morgan fingerprint density at radius 2 is 0.632 bits per heavy atom. The molecule has 0 bridgehead atoms. The predicted molar refractivity (Wildman–Crippen MR) is 296 cm³/mol. The third kappa shape index (κ3) is 31.5. The third-order valence-electron chi connectivity index (χ3n) is 13.9. The summed E-state index contributed by atoms with van der Waals surface area (Å²) >= 11 is 0. The molecule has 3 aliphatic heterocycles. The van der Waals surface area contributed by atoms with E-state index in [2.05, 4.69) is 22.9 Å². The molecule has 0 spiro atoms. The van der Waals surface area contributed by atoms with Crippen LogP contribution in [0.3, 0.4) is 0 Å². The Kier molecular flexibility index (Phi) is 42.7. The number of carbonyl (C=O) groups excluding carboxylic acids is 3. The van der Waals surface area contributed by atoms with Gasteiger partial charge in [0.05, 0.1) is 159 Å². The van der Waals surface area contributed by atoms with Crippen molar-refractivity contribution in [1.82, 2.24) is 16.0 Å². The van der Waals surface area contributed by atoms with Gasteiger partial charge in [-0.25, -0.2) is 0 Å². The number of hydrogen-bond acceptors (Lipinski definition) is 30. The van der Waals surface area contributed by atoms with Gasteiger partial charge in [0.25, 0.3) is 0 Å². The summed E-state index contributed by atoms with van der Waals surface area (Å²) in [6, 6.07) is 0. The van der Waals surface area contributed by atoms with Crippen LogP contribution in [0.1, 0.15) is 51.9 Å². The van der Waals surface area contributed by atoms with Crippen molar-refractivity contribution in [3.8, 4) is 0 Å². The number of unbranched alkanes of at least 4 members (excludes halogenated alkanes) is 2. The van der Waals surface area contributed by atoms with E-state index in [1.54, 1.807) is 0 Å². The molecule has 0 aromatic carbocycles. The van der Waals surface area contributed by atoms with E-state index < -0.39 is 117 Å². The average molecular weight is 1270 g/mol. The molecule has 15 atom stereocenters. The van der Waals surface area contributed by atoms with Gasteiger partial charge in [-0.3, -0.25) is 14.4 Å². The van der Waals surface area contributed by atoms with Crippen molar-refractivity contribution in [1.29, 1.82) is 0 Å². The van der Waals surface area contributed by atoms with Crippen LogP contribution in [0, 0.1) is 5.41 Å². The van der Waals surface area contributed by atoms with Crippen LogP contribution in [0.5, 0.6) is 0 Å². The summed E-state index contributed by atoms with van der Waals surface area (Å²) in [5.41, 5.74) is -0.704. The van der Waals surface area contributed by atoms with Crippen molar-refractivity contribution >= 4 is 17.7 Å². The molecule has 0 aromatic heterocycles. The van der Waals surface area contributed by atoms with Crippen LogP contribution in [-0.4, -0.2) is 349 Å². The van der Waals surface area contributed by atoms with Gasteiger partial charge in [0.2, 0.25) is 17.7 Å². The number of aliphatic hydroxyl groups excluding tert-OH is 12. The molecule has 0 saturated carbocycles. The van der Waals surface area contributed by atoms with Gasteiger partial charge in [-0.05, 0) is 6.42 Å². The highest BCUT2D eigenvalue weighted by atomic mass is 16.7. The van der Waals surface area contributed by atoms with E-state index in [1.807, 2.05) is 0 Å². The van der Waals surface area contributed by atoms with Gasteiger partial charge in [0, 0.05) is 44.3 Å². The van der Waals surface area contributed by atoms with E-state index in [1.165, 1.54) is 0 Å². The van der Waals surface area contributed by atoms with Gasteiger partial charge < -0.3 is 148 Å². The van der Waals surface area contributed by atoms with Gasteiger partial charge in [0.1, 0.15) is 73.2 Å². The Hall–Kier alpha value is -2.67. The second kappa shape index (κ2) is 47.3. The summed E-state index contributed by atoms with van der Waals surface area (Å²) in [7, 11) is 0. The van der Waals surface area contributed by atoms with E-state index in [0.29, 0.717) is 6.42 Å². The minimum Gasteiger partial charge on any atom is -0.394 e. The predicted octanol–water partition coefficient (Wildman–Crippen LogP) is -7.33. The summed E-state index contributed by atoms with van der Waals surface area (Å²) in [5.74, 6) is -0.805. The zero-order valence-corrected chi connectivity index (χ0v) is 49.9. The molecule has 0 aromatic rings. The molecule has 512 valence electrons. The summed E-state index contributed by atoms with van der Waals surface area (Å²) in [5, 5.41) is 126. The number of amides is 3. The molecule has 3 rings (SSSR count). The first kappa shape index (κ1) is 78.6. The van der Waals surface area contributed by atoms with Crippen LogP contribution < -0.4 is 16.0 Å². The topological polar surface area (TPSA) is 469 Å². The molecule has 33 heteroatoms. The SMILES string of the molecule is CCCCCC(COCCC(=O)NCCOCCOCCO[C@H]1OC(CO)[C@@H](O)C(O)C1O)(COCCC(=O)NCCOCCOCCO[C@H]1OC(CO)[C@@H](O)C(O)C1O)COCCC(=O)NCCOCCOCCO[C@H]1OC(CO)[C@@H](O)C(O)C1O. The number of aliphatic hydroxyl groups is 12. The maximum Gasteiger partial charge on any atom is 0.222 e. The Morgan fingerprint density at radius 1 is 0.356 bits per heavy atom. The van der Waals surface area contributed by atoms with Gasteiger partial charge in [0.15, 0.2) is 18.9 Å². The third-order valence-corrected chi connectivity index (χ3v) is 13.9. The summed E-state index contributed by atoms with van der Waals surface area (Å²) in [6.45, 7) is 3.81. The van der Waals surface area contributed by atoms with Crippen molar-refractivity contribution in [2.45, 2.75) is 144 Å². The fraction of sp³-hybridized carbons (Fsp3) is 0.944. The van der Waals surface area contributed by atoms with Gasteiger partial charge in [-0.15, -0.1) is 0 Å². The fourth-order valence-electron chi connectivity index (χ4n) is 8.76. The standard InChI is InChI=1S/C54H101N3O30/c1-2-3-4-8-54(33-79-12-5-39(61)55-9-15-73-18-21-76-24-27-82-51-48(70)45(67)42(64)36(30-58)85-51,34-80-13-6-40(62)56-10-16-74-19-22-77-25-28-83-52-49(71)46(68)43(65)37(31-59)86-52)35-81-14-7-41(63)57-11-17-75-20-23-78-26-29-84-53-50(72)47(69)44(66)38(32-60)87-53/h36-38,42-53,58-60,64-72H,2-35H2,1H3,(H,55,61)(H,56,62)(H,57,63)/t36?,37?,38?,42-,43-,44-,45?,46?,47?,48?,49?,50?,51+,52+,53+,54?/m1/s1. The van der Waals surface area contributed by atoms with Crippen LogP contribution in [0.15, 0.2) is 0 Å². The van der Waals surface area contributed by atoms with Crippen LogP contribution in [-0.2, 0) is 85.4 Å². The Balaban J connectivity index is 1.35. The zero-order chi connectivity index (χ0) is 63.7. The highest BCUT2D eigenvalue weighted by Crippen LogP contribution is 2.29. The lowest BCUT2D eigenvalue weighted by Gasteiger charge is -2.39. The smallest absolute Gasteiger partial charge is 0.222 e. The minimum atomic E-state index is -1.55. The number of hydrogen-bond donors (Lipinski definition) is 15. The number of carbonyl (C=O) groups is 3. The molecule has 0 aliphatic carbocycles. The zero-order valence-electron chi connectivity index (χ0n) is 49.9. The summed E-state index contributed by atoms with van der Waals surface area (Å²) in [4.78, 5) is 38.1. The maximum atomic E-state index is 12.7. The van der Waals surface area contributed by atoms with Gasteiger partial charge in [-0.2, -0.15) is 0 Å². The summed E-state index contributed by atoms with van der Waals surface area (Å²) in [6.07, 6.45) is -17.3. The lowest BCUT2D eigenvalue weighted by atomic mass is 9.84. The van der Waals surface area contributed by atoms with E-state index >= 15 is 0 Å². The monoisotopic (exact) mass is 1270 g/mol. The maximum absolute atomic E-state index is 12.7. The second-order valence-electron chi connectivity index (χ2n) is 20.8. The first-order chi connectivity index (χ1) is 42.0. The highest BCUT2D eigenvalue weighted by Gasteiger charge is 2.46. The molecule has 3 fully saturated rings. The van der Waals surface area contributed by atoms with Crippen molar-refractivity contribution in [3.63, 3.8) is 0 Å². The molecule has 33 nitrogen and oxygen atoms in total. The molecule has 3 amide bonds. The fourth-order valence-corrected chi connectivity index (χ4v) is 8.76. The van der Waals surface area contributed by atoms with E-state index in [0.717, 1.165) is 19.3 Å². The Labute approximate surface area is 506 Å². The first-order valence-electron chi connectivity index (χ1n) is 29.8. The average Bonchev–Trinajstić information content (AvgIpc) is 2.48. The Bertz CT molecular complexity index is 1570. The second-order valence-corrected chi connectivity index (χ2v) is 20.8. The minimum absolute atomic E-state index is 0.0101. The first-order valence-corrected chi connectivity index (χ1v) is 29.8. The van der Waals surface area contributed by atoms with E-state index in [4.69, 9.17) is 71.1 Å². The quantitative estimate of drug-likeness (QED) is 0.0252. The number of ether oxygens (including phenoxy) is 15. The molecule has 3 heterocycles. The Morgan fingerprint density at radius 3 is 0.908 bits per heavy atom. The van der Waals surface area contributed by atoms with Crippen molar-refractivity contribution in [2.24, 2.45) is 5.41 Å². The van der Waals surface area contributed by atoms with Crippen LogP contribution in [0.2, 0.25) is 0 Å². The molecular formula is C54H101N3O30. The molecule has 0 radical (unpaired) electrons. The number of nitrogens with one attached hydrogen (secondary N) is 3. The van der Waals surface area contributed by atoms with E-state index in [9.17, 15) is 75.7 Å². The normalized spacial score (nSPS) is 28.3. The molecule has 9 unspecified atom stereocenters. The van der Waals surface area contributed by atoms with Gasteiger partial charge in [-0.1, -0.05) is 26.2 Å². The van der Waals surface area contributed by atoms with Crippen LogP contribution >= 0.6 is 0 Å². The molecular weight excluding hydrogens is 1170 g/mol. The molecule has 15 N–H and O–H groups in total. The van der Waals surface area contributed by atoms with Crippen molar-refractivity contribution in [2.75, 3.05) is 178 Å². The summed E-state index contributed by atoms with van der Waals surface area (Å²) < 4.78 is 83.2. The highest BCUT2D eigenvalue weighted by molar-refractivity contribution is 5.76. The molecule has 3 saturated heterocycles. The van der Waals surface area contributed by atoms with Crippen LogP contribution in [0.25, 0.3) is 0 Å². The lowest BCUT2D eigenvalue weighted by Crippen LogP contribution is -2.59. The molecule has 3 aliphatic rings. The van der Waals surface area contributed by atoms with Crippen molar-refractivity contribution in [3.05, 3.63) is 0 Å².